The number of aryl methyl sites for hydroxylation is 1. The maximum absolute atomic E-state index is 12.5. The molecular formula is C23H29N7O. The molecule has 2 N–H and O–H groups in total. The van der Waals surface area contributed by atoms with Crippen LogP contribution in [-0.4, -0.2) is 51.7 Å². The number of carbonyl (C=O) groups is 1. The predicted octanol–water partition coefficient (Wildman–Crippen LogP) is 2.88. The van der Waals surface area contributed by atoms with Crippen LogP contribution in [-0.2, 0) is 25.4 Å². The highest BCUT2D eigenvalue weighted by Gasteiger charge is 2.39. The summed E-state index contributed by atoms with van der Waals surface area (Å²) in [6, 6.07) is 8.25. The molecule has 31 heavy (non-hydrogen) atoms. The zero-order chi connectivity index (χ0) is 22.3. The first-order valence-corrected chi connectivity index (χ1v) is 10.4. The van der Waals surface area contributed by atoms with Crippen LogP contribution in [0.25, 0.3) is 11.4 Å². The van der Waals surface area contributed by atoms with Crippen molar-refractivity contribution in [3.63, 3.8) is 0 Å². The van der Waals surface area contributed by atoms with Gasteiger partial charge in [0, 0.05) is 38.1 Å². The number of amides is 1. The summed E-state index contributed by atoms with van der Waals surface area (Å²) >= 11 is 0. The second-order valence-corrected chi connectivity index (χ2v) is 8.96. The lowest BCUT2D eigenvalue weighted by atomic mass is 9.73. The van der Waals surface area contributed by atoms with Gasteiger partial charge in [-0.2, -0.15) is 5.10 Å². The van der Waals surface area contributed by atoms with E-state index in [0.29, 0.717) is 11.6 Å². The number of rotatable bonds is 5. The molecule has 0 atom stereocenters. The SMILES string of the molecule is CNC(=O)c1nn(C)c2c1C(C)(C)Cc1cnc(Nc3ccc(CN(C)C)cc3)nc1-2. The van der Waals surface area contributed by atoms with Crippen molar-refractivity contribution in [2.75, 3.05) is 26.5 Å². The number of hydrogen-bond donors (Lipinski definition) is 2. The van der Waals surface area contributed by atoms with E-state index in [1.54, 1.807) is 11.7 Å². The highest BCUT2D eigenvalue weighted by molar-refractivity contribution is 5.96. The summed E-state index contributed by atoms with van der Waals surface area (Å²) in [5, 5.41) is 10.5. The van der Waals surface area contributed by atoms with Crippen molar-refractivity contribution in [1.29, 1.82) is 0 Å². The third-order valence-electron chi connectivity index (χ3n) is 5.60. The number of aromatic nitrogens is 4. The molecular weight excluding hydrogens is 390 g/mol. The Morgan fingerprint density at radius 2 is 1.94 bits per heavy atom. The van der Waals surface area contributed by atoms with Crippen LogP contribution in [0.3, 0.4) is 0 Å². The molecule has 4 rings (SSSR count). The first-order chi connectivity index (χ1) is 14.7. The van der Waals surface area contributed by atoms with Crippen molar-refractivity contribution in [3.05, 3.63) is 52.8 Å². The van der Waals surface area contributed by atoms with Gasteiger partial charge in [-0.25, -0.2) is 9.97 Å². The molecule has 0 fully saturated rings. The van der Waals surface area contributed by atoms with Crippen molar-refractivity contribution in [3.8, 4) is 11.4 Å². The lowest BCUT2D eigenvalue weighted by molar-refractivity contribution is 0.0955. The number of nitrogens with one attached hydrogen (secondary N) is 2. The van der Waals surface area contributed by atoms with Gasteiger partial charge in [0.15, 0.2) is 5.69 Å². The van der Waals surface area contributed by atoms with Crippen LogP contribution < -0.4 is 10.6 Å². The summed E-state index contributed by atoms with van der Waals surface area (Å²) in [5.74, 6) is 0.339. The average Bonchev–Trinajstić information content (AvgIpc) is 3.07. The van der Waals surface area contributed by atoms with E-state index in [4.69, 9.17) is 4.98 Å². The van der Waals surface area contributed by atoms with Gasteiger partial charge in [0.05, 0.1) is 11.4 Å². The van der Waals surface area contributed by atoms with Gasteiger partial charge < -0.3 is 15.5 Å². The van der Waals surface area contributed by atoms with E-state index in [-0.39, 0.29) is 11.3 Å². The fourth-order valence-corrected chi connectivity index (χ4v) is 4.27. The number of hydrogen-bond acceptors (Lipinski definition) is 6. The van der Waals surface area contributed by atoms with Crippen LogP contribution in [0, 0.1) is 0 Å². The van der Waals surface area contributed by atoms with Crippen molar-refractivity contribution in [2.45, 2.75) is 32.2 Å². The van der Waals surface area contributed by atoms with Crippen LogP contribution in [0.4, 0.5) is 11.6 Å². The van der Waals surface area contributed by atoms with Gasteiger partial charge in [-0.1, -0.05) is 26.0 Å². The standard InChI is InChI=1S/C23H29N7O/c1-23(2)11-15-12-25-22(26-16-9-7-14(8-10-16)13-29(4)5)27-18(15)20-17(23)19(21(31)24-3)28-30(20)6/h7-10,12H,11,13H2,1-6H3,(H,24,31)(H,25,26,27). The Kier molecular flexibility index (Phi) is 5.26. The largest absolute Gasteiger partial charge is 0.354 e. The molecule has 0 saturated heterocycles. The molecule has 2 heterocycles. The number of anilines is 2. The van der Waals surface area contributed by atoms with Crippen LogP contribution in [0.1, 0.15) is 41.0 Å². The van der Waals surface area contributed by atoms with Crippen molar-refractivity contribution < 1.29 is 4.79 Å². The Morgan fingerprint density at radius 3 is 2.58 bits per heavy atom. The maximum Gasteiger partial charge on any atom is 0.271 e. The lowest BCUT2D eigenvalue weighted by Gasteiger charge is -2.31. The van der Waals surface area contributed by atoms with Gasteiger partial charge in [-0.3, -0.25) is 9.48 Å². The van der Waals surface area contributed by atoms with Crippen LogP contribution in [0.2, 0.25) is 0 Å². The Bertz CT molecular complexity index is 1130. The molecule has 3 aromatic rings. The summed E-state index contributed by atoms with van der Waals surface area (Å²) in [7, 11) is 7.59. The molecule has 0 spiro atoms. The quantitative estimate of drug-likeness (QED) is 0.661. The molecule has 0 aliphatic heterocycles. The van der Waals surface area contributed by atoms with Gasteiger partial charge in [0.2, 0.25) is 5.95 Å². The monoisotopic (exact) mass is 419 g/mol. The van der Waals surface area contributed by atoms with Gasteiger partial charge >= 0.3 is 0 Å². The number of nitrogens with zero attached hydrogens (tertiary/aromatic N) is 5. The zero-order valence-corrected chi connectivity index (χ0v) is 18.9. The predicted molar refractivity (Wildman–Crippen MR) is 121 cm³/mol. The van der Waals surface area contributed by atoms with Gasteiger partial charge in [0.25, 0.3) is 5.91 Å². The smallest absolute Gasteiger partial charge is 0.271 e. The first kappa shape index (κ1) is 21.0. The Labute approximate surface area is 182 Å². The molecule has 1 aromatic carbocycles. The van der Waals surface area contributed by atoms with E-state index in [1.165, 1.54) is 5.56 Å². The molecule has 1 aliphatic carbocycles. The fourth-order valence-electron chi connectivity index (χ4n) is 4.27. The van der Waals surface area contributed by atoms with Gasteiger partial charge in [0.1, 0.15) is 0 Å². The van der Waals surface area contributed by atoms with Gasteiger partial charge in [-0.05, 0) is 49.2 Å². The molecule has 0 saturated carbocycles. The normalized spacial score (nSPS) is 14.2. The maximum atomic E-state index is 12.5. The molecule has 8 heteroatoms. The summed E-state index contributed by atoms with van der Waals surface area (Å²) in [4.78, 5) is 24.0. The topological polar surface area (TPSA) is 88.0 Å². The van der Waals surface area contributed by atoms with E-state index in [9.17, 15) is 4.79 Å². The van der Waals surface area contributed by atoms with Crippen molar-refractivity contribution >= 4 is 17.5 Å². The summed E-state index contributed by atoms with van der Waals surface area (Å²) in [6.45, 7) is 5.15. The third-order valence-corrected chi connectivity index (χ3v) is 5.60. The number of carbonyl (C=O) groups excluding carboxylic acids is 1. The van der Waals surface area contributed by atoms with E-state index in [2.05, 4.69) is 65.7 Å². The third kappa shape index (κ3) is 3.90. The molecule has 1 aliphatic rings. The Hall–Kier alpha value is -3.26. The average molecular weight is 420 g/mol. The molecule has 0 bridgehead atoms. The molecule has 0 radical (unpaired) electrons. The van der Waals surface area contributed by atoms with E-state index in [1.807, 2.05) is 25.4 Å². The minimum Gasteiger partial charge on any atom is -0.354 e. The fraction of sp³-hybridized carbons (Fsp3) is 0.391. The molecule has 0 unspecified atom stereocenters. The minimum absolute atomic E-state index is 0.182. The summed E-state index contributed by atoms with van der Waals surface area (Å²) in [6.07, 6.45) is 2.62. The second kappa shape index (κ2) is 7.77. The highest BCUT2D eigenvalue weighted by atomic mass is 16.1. The van der Waals surface area contributed by atoms with E-state index >= 15 is 0 Å². The van der Waals surface area contributed by atoms with E-state index in [0.717, 1.165) is 41.2 Å². The summed E-state index contributed by atoms with van der Waals surface area (Å²) in [5.41, 5.74) is 6.05. The molecule has 162 valence electrons. The molecule has 1 amide bonds. The number of fused-ring (bicyclic) bond motifs is 3. The van der Waals surface area contributed by atoms with Crippen LogP contribution >= 0.6 is 0 Å². The van der Waals surface area contributed by atoms with Crippen LogP contribution in [0.15, 0.2) is 30.5 Å². The Morgan fingerprint density at radius 1 is 1.23 bits per heavy atom. The number of benzene rings is 1. The van der Waals surface area contributed by atoms with Crippen LogP contribution in [0.5, 0.6) is 0 Å². The lowest BCUT2D eigenvalue weighted by Crippen LogP contribution is -2.30. The zero-order valence-electron chi connectivity index (χ0n) is 18.9. The molecule has 2 aromatic heterocycles. The Balaban J connectivity index is 1.71. The van der Waals surface area contributed by atoms with E-state index < -0.39 is 0 Å². The second-order valence-electron chi connectivity index (χ2n) is 8.96. The van der Waals surface area contributed by atoms with Gasteiger partial charge in [-0.15, -0.1) is 0 Å². The highest BCUT2D eigenvalue weighted by Crippen LogP contribution is 2.43. The summed E-state index contributed by atoms with van der Waals surface area (Å²) < 4.78 is 1.76. The van der Waals surface area contributed by atoms with Crippen molar-refractivity contribution in [2.24, 2.45) is 7.05 Å². The molecule has 8 nitrogen and oxygen atoms in total. The van der Waals surface area contributed by atoms with Crippen molar-refractivity contribution in [1.82, 2.24) is 30.0 Å². The first-order valence-electron chi connectivity index (χ1n) is 10.4. The minimum atomic E-state index is -0.251.